The van der Waals surface area contributed by atoms with Gasteiger partial charge in [-0.2, -0.15) is 0 Å². The predicted molar refractivity (Wildman–Crippen MR) is 60.9 cm³/mol. The number of amidine groups is 1. The average molecular weight is 214 g/mol. The number of hydrogen-bond donors (Lipinski definition) is 1. The third-order valence-electron chi connectivity index (χ3n) is 2.72. The van der Waals surface area contributed by atoms with Crippen LogP contribution >= 0.6 is 11.8 Å². The van der Waals surface area contributed by atoms with Crippen LogP contribution < -0.4 is 5.32 Å². The largest absolute Gasteiger partial charge is 0.381 e. The van der Waals surface area contributed by atoms with E-state index in [2.05, 4.69) is 24.2 Å². The topological polar surface area (TPSA) is 33.6 Å². The lowest BCUT2D eigenvalue weighted by molar-refractivity contribution is 0.0285. The lowest BCUT2D eigenvalue weighted by atomic mass is 9.90. The molecule has 1 saturated carbocycles. The molecule has 1 heterocycles. The summed E-state index contributed by atoms with van der Waals surface area (Å²) in [5.74, 6) is 1.12. The van der Waals surface area contributed by atoms with Crippen molar-refractivity contribution in [2.24, 2.45) is 4.99 Å². The molecule has 4 heteroatoms. The van der Waals surface area contributed by atoms with Crippen molar-refractivity contribution >= 4 is 16.9 Å². The average Bonchev–Trinajstić information content (AvgIpc) is 2.37. The van der Waals surface area contributed by atoms with Crippen LogP contribution in [0.3, 0.4) is 0 Å². The third-order valence-corrected chi connectivity index (χ3v) is 4.07. The highest BCUT2D eigenvalue weighted by atomic mass is 32.2. The molecule has 0 bridgehead atoms. The third kappa shape index (κ3) is 2.23. The first kappa shape index (κ1) is 10.3. The van der Waals surface area contributed by atoms with Gasteiger partial charge in [0.15, 0.2) is 5.17 Å². The van der Waals surface area contributed by atoms with Gasteiger partial charge in [-0.15, -0.1) is 0 Å². The van der Waals surface area contributed by atoms with Crippen molar-refractivity contribution in [2.45, 2.75) is 44.4 Å². The number of methoxy groups -OCH3 is 1. The van der Waals surface area contributed by atoms with E-state index in [1.165, 1.54) is 0 Å². The van der Waals surface area contributed by atoms with Crippen LogP contribution in [0.4, 0.5) is 0 Å². The van der Waals surface area contributed by atoms with Gasteiger partial charge in [0.2, 0.25) is 0 Å². The fourth-order valence-electron chi connectivity index (χ4n) is 1.68. The minimum absolute atomic E-state index is 0.216. The van der Waals surface area contributed by atoms with Crippen molar-refractivity contribution in [3.05, 3.63) is 0 Å². The highest BCUT2D eigenvalue weighted by Crippen LogP contribution is 2.29. The van der Waals surface area contributed by atoms with E-state index in [1.807, 2.05) is 11.8 Å². The zero-order chi connectivity index (χ0) is 10.2. The molecule has 1 saturated heterocycles. The summed E-state index contributed by atoms with van der Waals surface area (Å²) < 4.78 is 5.23. The number of rotatable bonds is 2. The Morgan fingerprint density at radius 3 is 2.71 bits per heavy atom. The fraction of sp³-hybridized carbons (Fsp3) is 0.900. The predicted octanol–water partition coefficient (Wildman–Crippen LogP) is 1.63. The summed E-state index contributed by atoms with van der Waals surface area (Å²) in [4.78, 5) is 4.66. The monoisotopic (exact) mass is 214 g/mol. The lowest BCUT2D eigenvalue weighted by Crippen LogP contribution is -2.39. The van der Waals surface area contributed by atoms with E-state index in [-0.39, 0.29) is 5.54 Å². The van der Waals surface area contributed by atoms with Gasteiger partial charge in [-0.1, -0.05) is 11.8 Å². The molecule has 2 fully saturated rings. The smallest absolute Gasteiger partial charge is 0.157 e. The van der Waals surface area contributed by atoms with Crippen LogP contribution in [0.15, 0.2) is 4.99 Å². The summed E-state index contributed by atoms with van der Waals surface area (Å²) in [5.41, 5.74) is 0.216. The maximum atomic E-state index is 5.23. The SMILES string of the molecule is COC1CC(N=C2NC(C)(C)CS2)C1. The molecule has 1 N–H and O–H groups in total. The molecule has 0 aromatic carbocycles. The van der Waals surface area contributed by atoms with Gasteiger partial charge in [-0.25, -0.2) is 0 Å². The van der Waals surface area contributed by atoms with Crippen molar-refractivity contribution in [3.63, 3.8) is 0 Å². The minimum atomic E-state index is 0.216. The van der Waals surface area contributed by atoms with E-state index >= 15 is 0 Å². The first-order valence-electron chi connectivity index (χ1n) is 5.11. The normalized spacial score (nSPS) is 38.1. The van der Waals surface area contributed by atoms with E-state index in [4.69, 9.17) is 4.74 Å². The second kappa shape index (κ2) is 3.74. The van der Waals surface area contributed by atoms with Gasteiger partial charge in [0.1, 0.15) is 0 Å². The summed E-state index contributed by atoms with van der Waals surface area (Å²) in [5, 5.41) is 4.55. The minimum Gasteiger partial charge on any atom is -0.381 e. The van der Waals surface area contributed by atoms with Crippen molar-refractivity contribution in [3.8, 4) is 0 Å². The molecule has 80 valence electrons. The van der Waals surface area contributed by atoms with Crippen LogP contribution in [0.2, 0.25) is 0 Å². The summed E-state index contributed by atoms with van der Waals surface area (Å²) in [6.45, 7) is 4.42. The van der Waals surface area contributed by atoms with Crippen molar-refractivity contribution in [1.82, 2.24) is 5.32 Å². The van der Waals surface area contributed by atoms with E-state index < -0.39 is 0 Å². The summed E-state index contributed by atoms with van der Waals surface area (Å²) in [6.07, 6.45) is 2.62. The zero-order valence-corrected chi connectivity index (χ0v) is 9.86. The van der Waals surface area contributed by atoms with E-state index in [0.29, 0.717) is 12.1 Å². The quantitative estimate of drug-likeness (QED) is 0.758. The molecule has 0 aromatic rings. The first-order chi connectivity index (χ1) is 6.59. The number of nitrogens with one attached hydrogen (secondary N) is 1. The Bertz CT molecular complexity index is 247. The first-order valence-corrected chi connectivity index (χ1v) is 6.09. The van der Waals surface area contributed by atoms with Crippen LogP contribution in [0, 0.1) is 0 Å². The molecular formula is C10H18N2OS. The molecule has 3 nitrogen and oxygen atoms in total. The van der Waals surface area contributed by atoms with Crippen LogP contribution in [0.5, 0.6) is 0 Å². The lowest BCUT2D eigenvalue weighted by Gasteiger charge is -2.31. The van der Waals surface area contributed by atoms with Crippen molar-refractivity contribution in [2.75, 3.05) is 12.9 Å². The molecule has 1 aliphatic heterocycles. The van der Waals surface area contributed by atoms with Gasteiger partial charge >= 0.3 is 0 Å². The molecule has 2 rings (SSSR count). The van der Waals surface area contributed by atoms with Gasteiger partial charge in [0.25, 0.3) is 0 Å². The van der Waals surface area contributed by atoms with Crippen LogP contribution in [0.1, 0.15) is 26.7 Å². The molecule has 14 heavy (non-hydrogen) atoms. The van der Waals surface area contributed by atoms with E-state index in [0.717, 1.165) is 23.8 Å². The van der Waals surface area contributed by atoms with Gasteiger partial charge in [0.05, 0.1) is 12.1 Å². The standard InChI is InChI=1S/C10H18N2OS/c1-10(2)6-14-9(12-10)11-7-4-8(5-7)13-3/h7-8H,4-6H2,1-3H3,(H,11,12). The molecule has 0 amide bonds. The molecule has 0 spiro atoms. The fourth-order valence-corrected chi connectivity index (χ4v) is 2.82. The van der Waals surface area contributed by atoms with Crippen molar-refractivity contribution in [1.29, 1.82) is 0 Å². The highest BCUT2D eigenvalue weighted by molar-refractivity contribution is 8.14. The Morgan fingerprint density at radius 2 is 2.21 bits per heavy atom. The molecular weight excluding hydrogens is 196 g/mol. The van der Waals surface area contributed by atoms with Crippen LogP contribution in [-0.4, -0.2) is 35.7 Å². The molecule has 1 aliphatic carbocycles. The van der Waals surface area contributed by atoms with Crippen LogP contribution in [-0.2, 0) is 4.74 Å². The molecule has 0 atom stereocenters. The van der Waals surface area contributed by atoms with Gasteiger partial charge in [0, 0.05) is 18.4 Å². The summed E-state index contributed by atoms with van der Waals surface area (Å²) in [7, 11) is 1.78. The second-order valence-corrected chi connectivity index (χ2v) is 5.68. The number of aliphatic imine (C=N–C) groups is 1. The van der Waals surface area contributed by atoms with Gasteiger partial charge in [-0.05, 0) is 26.7 Å². The Labute approximate surface area is 89.7 Å². The van der Waals surface area contributed by atoms with E-state index in [1.54, 1.807) is 7.11 Å². The maximum Gasteiger partial charge on any atom is 0.157 e. The Morgan fingerprint density at radius 1 is 1.50 bits per heavy atom. The molecule has 0 radical (unpaired) electrons. The summed E-state index contributed by atoms with van der Waals surface area (Å²) >= 11 is 1.83. The molecule has 0 aromatic heterocycles. The van der Waals surface area contributed by atoms with Gasteiger partial charge < -0.3 is 10.1 Å². The zero-order valence-electron chi connectivity index (χ0n) is 9.04. The number of hydrogen-bond acceptors (Lipinski definition) is 3. The Kier molecular flexibility index (Phi) is 2.75. The Balaban J connectivity index is 1.83. The number of ether oxygens (including phenoxy) is 1. The number of nitrogens with zero attached hydrogens (tertiary/aromatic N) is 1. The second-order valence-electron chi connectivity index (χ2n) is 4.71. The van der Waals surface area contributed by atoms with E-state index in [9.17, 15) is 0 Å². The summed E-state index contributed by atoms with van der Waals surface area (Å²) in [6, 6.07) is 0.490. The number of thioether (sulfide) groups is 1. The Hall–Kier alpha value is -0.220. The van der Waals surface area contributed by atoms with Gasteiger partial charge in [-0.3, -0.25) is 4.99 Å². The molecule has 2 aliphatic rings. The van der Waals surface area contributed by atoms with Crippen LogP contribution in [0.25, 0.3) is 0 Å². The van der Waals surface area contributed by atoms with Crippen molar-refractivity contribution < 1.29 is 4.74 Å². The molecule has 0 unspecified atom stereocenters. The highest BCUT2D eigenvalue weighted by Gasteiger charge is 2.32. The maximum absolute atomic E-state index is 5.23.